The van der Waals surface area contributed by atoms with Crippen molar-refractivity contribution in [3.63, 3.8) is 0 Å². The Morgan fingerprint density at radius 2 is 1.81 bits per heavy atom. The van der Waals surface area contributed by atoms with E-state index in [4.69, 9.17) is 16.4 Å². The number of nitrogens with one attached hydrogen (secondary N) is 1. The Labute approximate surface area is 254 Å². The van der Waals surface area contributed by atoms with E-state index in [1.165, 1.54) is 40.7 Å². The molecule has 0 aliphatic carbocycles. The van der Waals surface area contributed by atoms with Crippen molar-refractivity contribution in [3.8, 4) is 18.5 Å². The lowest BCUT2D eigenvalue weighted by molar-refractivity contribution is 0.267. The third kappa shape index (κ3) is 6.56. The largest absolute Gasteiger partial charge is 0.365 e. The molecule has 0 radical (unpaired) electrons. The maximum atomic E-state index is 9.43. The van der Waals surface area contributed by atoms with E-state index in [-0.39, 0.29) is 6.04 Å². The van der Waals surface area contributed by atoms with Crippen LogP contribution in [-0.2, 0) is 25.8 Å². The summed E-state index contributed by atoms with van der Waals surface area (Å²) >= 11 is 0. The van der Waals surface area contributed by atoms with Crippen molar-refractivity contribution in [3.05, 3.63) is 89.1 Å². The van der Waals surface area contributed by atoms with Gasteiger partial charge in [-0.05, 0) is 48.9 Å². The summed E-state index contributed by atoms with van der Waals surface area (Å²) in [7, 11) is 0. The van der Waals surface area contributed by atoms with E-state index in [1.807, 2.05) is 23.2 Å². The molecule has 2 aromatic heterocycles. The SMILES string of the molecule is C#CN1CCN(c2nc(CCc3ccccn3)nc3c2CCN(c2cccc4cccc(C)c24)C3)CC1CC#N.C1CN1. The summed E-state index contributed by atoms with van der Waals surface area (Å²) in [6.45, 7) is 8.50. The second-order valence-corrected chi connectivity index (χ2v) is 11.4. The monoisotopic (exact) mass is 570 g/mol. The van der Waals surface area contributed by atoms with Gasteiger partial charge >= 0.3 is 0 Å². The van der Waals surface area contributed by atoms with Gasteiger partial charge in [-0.2, -0.15) is 5.26 Å². The number of hydrogen-bond donors (Lipinski definition) is 1. The maximum Gasteiger partial charge on any atom is 0.136 e. The Hall–Kier alpha value is -4.66. The molecule has 2 fully saturated rings. The summed E-state index contributed by atoms with van der Waals surface area (Å²) in [6.07, 6.45) is 10.4. The van der Waals surface area contributed by atoms with Gasteiger partial charge in [-0.15, -0.1) is 0 Å². The summed E-state index contributed by atoms with van der Waals surface area (Å²) < 4.78 is 0. The fourth-order valence-corrected chi connectivity index (χ4v) is 6.09. The zero-order chi connectivity index (χ0) is 29.6. The predicted molar refractivity (Wildman–Crippen MR) is 172 cm³/mol. The topological polar surface area (TPSA) is 94.1 Å². The summed E-state index contributed by atoms with van der Waals surface area (Å²) in [5.74, 6) is 1.85. The highest BCUT2D eigenvalue weighted by molar-refractivity contribution is 5.97. The van der Waals surface area contributed by atoms with Crippen molar-refractivity contribution in [2.45, 2.75) is 45.2 Å². The van der Waals surface area contributed by atoms with Gasteiger partial charge in [-0.1, -0.05) is 42.8 Å². The van der Waals surface area contributed by atoms with E-state index in [9.17, 15) is 5.26 Å². The minimum Gasteiger partial charge on any atom is -0.365 e. The number of anilines is 2. The summed E-state index contributed by atoms with van der Waals surface area (Å²) in [5, 5.41) is 15.0. The number of aromatic nitrogens is 3. The molecule has 2 saturated heterocycles. The minimum absolute atomic E-state index is 0.00918. The van der Waals surface area contributed by atoms with Crippen LogP contribution in [0.3, 0.4) is 0 Å². The number of benzene rings is 2. The second kappa shape index (κ2) is 13.1. The molecule has 8 heteroatoms. The van der Waals surface area contributed by atoms with Crippen LogP contribution in [0.15, 0.2) is 60.8 Å². The quantitative estimate of drug-likeness (QED) is 0.272. The first kappa shape index (κ1) is 28.5. The zero-order valence-electron chi connectivity index (χ0n) is 24.8. The number of hydrogen-bond acceptors (Lipinski definition) is 8. The first-order valence-corrected chi connectivity index (χ1v) is 15.2. The Morgan fingerprint density at radius 3 is 2.56 bits per heavy atom. The Kier molecular flexibility index (Phi) is 8.67. The van der Waals surface area contributed by atoms with E-state index in [1.54, 1.807) is 0 Å². The molecule has 4 aromatic rings. The Balaban J connectivity index is 0.00000103. The molecule has 218 valence electrons. The van der Waals surface area contributed by atoms with Gasteiger partial charge in [-0.3, -0.25) is 4.98 Å². The molecular weight excluding hydrogens is 532 g/mol. The lowest BCUT2D eigenvalue weighted by Gasteiger charge is -2.41. The molecule has 8 nitrogen and oxygen atoms in total. The molecule has 2 aromatic carbocycles. The number of piperazine rings is 1. The number of aryl methyl sites for hydroxylation is 3. The van der Waals surface area contributed by atoms with Gasteiger partial charge in [0.15, 0.2) is 0 Å². The molecule has 3 aliphatic rings. The van der Waals surface area contributed by atoms with Gasteiger partial charge in [0.05, 0.1) is 30.8 Å². The molecule has 1 unspecified atom stereocenters. The Morgan fingerprint density at radius 1 is 0.977 bits per heavy atom. The number of nitriles is 1. The first-order valence-electron chi connectivity index (χ1n) is 15.2. The van der Waals surface area contributed by atoms with Crippen molar-refractivity contribution >= 4 is 22.3 Å². The van der Waals surface area contributed by atoms with Crippen LogP contribution in [0.4, 0.5) is 11.5 Å². The number of terminal acetylenes is 1. The predicted octanol–water partition coefficient (Wildman–Crippen LogP) is 4.27. The van der Waals surface area contributed by atoms with Crippen molar-refractivity contribution < 1.29 is 0 Å². The fourth-order valence-electron chi connectivity index (χ4n) is 6.09. The minimum atomic E-state index is -0.00918. The van der Waals surface area contributed by atoms with Crippen LogP contribution in [0.1, 0.15) is 34.8 Å². The molecule has 3 aliphatic heterocycles. The molecule has 43 heavy (non-hydrogen) atoms. The van der Waals surface area contributed by atoms with E-state index >= 15 is 0 Å². The highest BCUT2D eigenvalue weighted by atomic mass is 15.3. The molecule has 0 saturated carbocycles. The second-order valence-electron chi connectivity index (χ2n) is 11.4. The van der Waals surface area contributed by atoms with Crippen molar-refractivity contribution in [2.24, 2.45) is 0 Å². The van der Waals surface area contributed by atoms with Crippen LogP contribution in [0.2, 0.25) is 0 Å². The van der Waals surface area contributed by atoms with Gasteiger partial charge in [-0.25, -0.2) is 9.97 Å². The lowest BCUT2D eigenvalue weighted by atomic mass is 9.99. The van der Waals surface area contributed by atoms with Gasteiger partial charge < -0.3 is 20.0 Å². The average Bonchev–Trinajstić information content (AvgIpc) is 3.94. The summed E-state index contributed by atoms with van der Waals surface area (Å²) in [4.78, 5) is 21.5. The Bertz CT molecular complexity index is 1640. The zero-order valence-corrected chi connectivity index (χ0v) is 24.8. The third-order valence-electron chi connectivity index (χ3n) is 8.38. The van der Waals surface area contributed by atoms with Crippen LogP contribution in [0.25, 0.3) is 10.8 Å². The van der Waals surface area contributed by atoms with Crippen molar-refractivity contribution in [1.82, 2.24) is 25.2 Å². The van der Waals surface area contributed by atoms with Gasteiger partial charge in [0.25, 0.3) is 0 Å². The first-order chi connectivity index (χ1) is 21.1. The maximum absolute atomic E-state index is 9.43. The van der Waals surface area contributed by atoms with Crippen LogP contribution in [0, 0.1) is 30.7 Å². The standard InChI is InChI=1S/C33H33N7.C2H5N/c1-3-38-20-21-40(22-27(38)15-17-34)33-28-16-19-39(30-12-7-10-25-9-6-8-24(2)32(25)30)23-29(28)36-31(37-33)14-13-26-11-4-5-18-35-26;1-2-3-1/h1,4-12,18,27H,13-16,19-23H2,2H3;3H,1-2H2. The molecule has 5 heterocycles. The van der Waals surface area contributed by atoms with E-state index < -0.39 is 0 Å². The number of pyridine rings is 1. The number of nitrogens with zero attached hydrogens (tertiary/aromatic N) is 7. The highest BCUT2D eigenvalue weighted by Crippen LogP contribution is 2.35. The average molecular weight is 571 g/mol. The fraction of sp³-hybridized carbons (Fsp3) is 0.371. The van der Waals surface area contributed by atoms with Crippen LogP contribution < -0.4 is 15.1 Å². The summed E-state index contributed by atoms with van der Waals surface area (Å²) in [5.41, 5.74) is 5.89. The molecule has 0 bridgehead atoms. The van der Waals surface area contributed by atoms with Crippen LogP contribution in [-0.4, -0.2) is 65.2 Å². The summed E-state index contributed by atoms with van der Waals surface area (Å²) in [6, 6.07) is 24.2. The van der Waals surface area contributed by atoms with Gasteiger partial charge in [0, 0.05) is 80.3 Å². The molecule has 7 rings (SSSR count). The van der Waals surface area contributed by atoms with Crippen LogP contribution >= 0.6 is 0 Å². The lowest BCUT2D eigenvalue weighted by Crippen LogP contribution is -2.52. The van der Waals surface area contributed by atoms with Gasteiger partial charge in [0.2, 0.25) is 0 Å². The molecular formula is C35H38N8. The van der Waals surface area contributed by atoms with E-state index in [0.29, 0.717) is 19.5 Å². The molecule has 0 spiro atoms. The van der Waals surface area contributed by atoms with Crippen LogP contribution in [0.5, 0.6) is 0 Å². The van der Waals surface area contributed by atoms with E-state index in [2.05, 4.69) is 81.6 Å². The van der Waals surface area contributed by atoms with Crippen molar-refractivity contribution in [1.29, 1.82) is 5.26 Å². The third-order valence-corrected chi connectivity index (χ3v) is 8.38. The highest BCUT2D eigenvalue weighted by Gasteiger charge is 2.31. The number of rotatable bonds is 6. The van der Waals surface area contributed by atoms with Crippen molar-refractivity contribution in [2.75, 3.05) is 49.1 Å². The number of fused-ring (bicyclic) bond motifs is 2. The van der Waals surface area contributed by atoms with E-state index in [0.717, 1.165) is 61.9 Å². The molecule has 0 amide bonds. The molecule has 1 N–H and O–H groups in total. The van der Waals surface area contributed by atoms with Gasteiger partial charge in [0.1, 0.15) is 11.6 Å². The smallest absolute Gasteiger partial charge is 0.136 e. The normalized spacial score (nSPS) is 17.4. The molecule has 1 atom stereocenters.